The number of para-hydroxylation sites is 1. The van der Waals surface area contributed by atoms with E-state index in [2.05, 4.69) is 4.72 Å². The summed E-state index contributed by atoms with van der Waals surface area (Å²) >= 11 is 0. The number of amides is 1. The first-order valence-electron chi connectivity index (χ1n) is 8.70. The maximum atomic E-state index is 13.2. The predicted molar refractivity (Wildman–Crippen MR) is 104 cm³/mol. The van der Waals surface area contributed by atoms with Gasteiger partial charge in [0, 0.05) is 23.2 Å². The third kappa shape index (κ3) is 2.74. The zero-order valence-corrected chi connectivity index (χ0v) is 16.2. The summed E-state index contributed by atoms with van der Waals surface area (Å²) in [5.41, 5.74) is 4.10. The number of nitrogens with zero attached hydrogens (tertiary/aromatic N) is 1. The van der Waals surface area contributed by atoms with Crippen molar-refractivity contribution in [2.24, 2.45) is 0 Å². The number of carbonyl (C=O) groups is 1. The van der Waals surface area contributed by atoms with Crippen molar-refractivity contribution in [1.82, 2.24) is 4.72 Å². The van der Waals surface area contributed by atoms with E-state index in [9.17, 15) is 13.2 Å². The number of sulfonamides is 1. The summed E-state index contributed by atoms with van der Waals surface area (Å²) in [4.78, 5) is 15.0. The number of hydrogen-bond acceptors (Lipinski definition) is 4. The molecule has 0 saturated heterocycles. The number of carbonyl (C=O) groups excluding carboxylic acids is 1. The first-order valence-corrected chi connectivity index (χ1v) is 10.2. The second-order valence-electron chi connectivity index (χ2n) is 6.71. The molecule has 1 N–H and O–H groups in total. The van der Waals surface area contributed by atoms with Gasteiger partial charge in [-0.05, 0) is 56.6 Å². The summed E-state index contributed by atoms with van der Waals surface area (Å²) < 4.78 is 32.2. The molecule has 4 rings (SSSR count). The Morgan fingerprint density at radius 1 is 1.19 bits per heavy atom. The highest BCUT2D eigenvalue weighted by atomic mass is 32.2. The fourth-order valence-electron chi connectivity index (χ4n) is 3.58. The van der Waals surface area contributed by atoms with Crippen LogP contribution in [0.5, 0.6) is 0 Å². The molecule has 0 spiro atoms. The van der Waals surface area contributed by atoms with E-state index in [-0.39, 0.29) is 10.8 Å². The Kier molecular flexibility index (Phi) is 4.09. The molecule has 0 aliphatic carbocycles. The monoisotopic (exact) mass is 384 g/mol. The zero-order chi connectivity index (χ0) is 19.3. The summed E-state index contributed by atoms with van der Waals surface area (Å²) in [6, 6.07) is 10.7. The molecule has 27 heavy (non-hydrogen) atoms. The van der Waals surface area contributed by atoms with Gasteiger partial charge in [-0.2, -0.15) is 0 Å². The number of nitrogens with one attached hydrogen (secondary N) is 1. The average Bonchev–Trinajstić information content (AvgIpc) is 3.23. The number of furan rings is 1. The summed E-state index contributed by atoms with van der Waals surface area (Å²) in [6.07, 6.45) is 0.604. The van der Waals surface area contributed by atoms with E-state index in [1.807, 2.05) is 32.0 Å². The minimum absolute atomic E-state index is 0.202. The molecule has 1 aliphatic heterocycles. The number of hydrogen-bond donors (Lipinski definition) is 1. The van der Waals surface area contributed by atoms with Crippen LogP contribution in [-0.2, 0) is 16.4 Å². The highest BCUT2D eigenvalue weighted by molar-refractivity contribution is 7.89. The molecule has 7 heteroatoms. The topological polar surface area (TPSA) is 79.6 Å². The lowest BCUT2D eigenvalue weighted by Crippen LogP contribution is -2.29. The number of rotatable bonds is 3. The van der Waals surface area contributed by atoms with Crippen LogP contribution in [0.15, 0.2) is 45.7 Å². The molecule has 0 unspecified atom stereocenters. The van der Waals surface area contributed by atoms with E-state index in [0.29, 0.717) is 18.7 Å². The van der Waals surface area contributed by atoms with Crippen LogP contribution in [0.1, 0.15) is 27.2 Å². The number of aryl methyl sites for hydroxylation is 2. The van der Waals surface area contributed by atoms with E-state index < -0.39 is 10.0 Å². The van der Waals surface area contributed by atoms with Crippen molar-refractivity contribution in [2.45, 2.75) is 25.2 Å². The summed E-state index contributed by atoms with van der Waals surface area (Å²) in [6.45, 7) is 4.33. The van der Waals surface area contributed by atoms with Crippen LogP contribution in [0.3, 0.4) is 0 Å². The maximum absolute atomic E-state index is 13.2. The number of anilines is 1. The fourth-order valence-corrected chi connectivity index (χ4v) is 4.37. The van der Waals surface area contributed by atoms with Crippen molar-refractivity contribution in [3.63, 3.8) is 0 Å². The van der Waals surface area contributed by atoms with Gasteiger partial charge in [0.05, 0.1) is 4.90 Å². The maximum Gasteiger partial charge on any atom is 0.294 e. The normalized spacial score (nSPS) is 14.0. The van der Waals surface area contributed by atoms with Crippen molar-refractivity contribution in [2.75, 3.05) is 18.5 Å². The second-order valence-corrected chi connectivity index (χ2v) is 8.60. The van der Waals surface area contributed by atoms with Crippen LogP contribution in [-0.4, -0.2) is 27.9 Å². The van der Waals surface area contributed by atoms with Crippen LogP contribution in [0.25, 0.3) is 11.0 Å². The third-order valence-electron chi connectivity index (χ3n) is 5.13. The summed E-state index contributed by atoms with van der Waals surface area (Å²) in [5.74, 6) is 0.130. The van der Waals surface area contributed by atoms with E-state index >= 15 is 0 Å². The van der Waals surface area contributed by atoms with Crippen LogP contribution in [0, 0.1) is 13.8 Å². The van der Waals surface area contributed by atoms with E-state index in [4.69, 9.17) is 4.42 Å². The fraction of sp³-hybridized carbons (Fsp3) is 0.250. The van der Waals surface area contributed by atoms with Crippen molar-refractivity contribution < 1.29 is 17.6 Å². The molecule has 0 atom stereocenters. The Morgan fingerprint density at radius 3 is 2.67 bits per heavy atom. The summed E-state index contributed by atoms with van der Waals surface area (Å²) in [5, 5.41) is 0.938. The van der Waals surface area contributed by atoms with Crippen molar-refractivity contribution in [1.29, 1.82) is 0 Å². The Labute approximate surface area is 157 Å². The van der Waals surface area contributed by atoms with Gasteiger partial charge in [0.1, 0.15) is 5.58 Å². The first-order chi connectivity index (χ1) is 12.8. The van der Waals surface area contributed by atoms with E-state index in [1.54, 1.807) is 17.0 Å². The molecule has 0 fully saturated rings. The second kappa shape index (κ2) is 6.21. The molecule has 0 radical (unpaired) electrons. The van der Waals surface area contributed by atoms with E-state index in [1.165, 1.54) is 13.1 Å². The van der Waals surface area contributed by atoms with Gasteiger partial charge in [0.25, 0.3) is 5.91 Å². The summed E-state index contributed by atoms with van der Waals surface area (Å²) in [7, 11) is -2.13. The largest absolute Gasteiger partial charge is 0.450 e. The molecule has 2 heterocycles. The SMILES string of the molecule is CNS(=O)(=O)c1ccc2c(c1)CCN2C(=O)c1oc2c(C)cccc2c1C. The third-order valence-corrected chi connectivity index (χ3v) is 6.54. The van der Waals surface area contributed by atoms with Gasteiger partial charge in [-0.25, -0.2) is 13.1 Å². The van der Waals surface area contributed by atoms with Crippen LogP contribution >= 0.6 is 0 Å². The van der Waals surface area contributed by atoms with Gasteiger partial charge in [-0.3, -0.25) is 4.79 Å². The number of fused-ring (bicyclic) bond motifs is 2. The molecule has 3 aromatic rings. The quantitative estimate of drug-likeness (QED) is 0.752. The molecule has 140 valence electrons. The van der Waals surface area contributed by atoms with Gasteiger partial charge in [0.15, 0.2) is 5.76 Å². The number of benzene rings is 2. The predicted octanol–water partition coefficient (Wildman–Crippen LogP) is 3.16. The van der Waals surface area contributed by atoms with Crippen molar-refractivity contribution in [3.8, 4) is 0 Å². The van der Waals surface area contributed by atoms with Gasteiger partial charge in [0.2, 0.25) is 10.0 Å². The molecule has 2 aromatic carbocycles. The minimum atomic E-state index is -3.51. The van der Waals surface area contributed by atoms with Crippen LogP contribution < -0.4 is 9.62 Å². The molecule has 1 aromatic heterocycles. The first kappa shape index (κ1) is 17.8. The van der Waals surface area contributed by atoms with Crippen molar-refractivity contribution >= 4 is 32.6 Å². The molecule has 0 saturated carbocycles. The smallest absolute Gasteiger partial charge is 0.294 e. The lowest BCUT2D eigenvalue weighted by Gasteiger charge is -2.16. The Hall–Kier alpha value is -2.64. The minimum Gasteiger partial charge on any atom is -0.450 e. The molecular formula is C20H20N2O4S. The Bertz CT molecular complexity index is 1180. The standard InChI is InChI=1S/C20H20N2O4S/c1-12-5-4-6-16-13(2)19(26-18(12)16)20(23)22-10-9-14-11-15(7-8-17(14)22)27(24,25)21-3/h4-8,11,21H,9-10H2,1-3H3. The van der Waals surface area contributed by atoms with Gasteiger partial charge < -0.3 is 9.32 Å². The Morgan fingerprint density at radius 2 is 1.96 bits per heavy atom. The average molecular weight is 384 g/mol. The lowest BCUT2D eigenvalue weighted by molar-refractivity contribution is 0.0964. The molecule has 1 aliphatic rings. The molecule has 6 nitrogen and oxygen atoms in total. The highest BCUT2D eigenvalue weighted by Crippen LogP contribution is 2.34. The van der Waals surface area contributed by atoms with Gasteiger partial charge in [-0.15, -0.1) is 0 Å². The molecule has 0 bridgehead atoms. The Balaban J connectivity index is 1.74. The van der Waals surface area contributed by atoms with Gasteiger partial charge in [-0.1, -0.05) is 18.2 Å². The zero-order valence-electron chi connectivity index (χ0n) is 15.4. The molecule has 1 amide bonds. The van der Waals surface area contributed by atoms with E-state index in [0.717, 1.165) is 33.3 Å². The van der Waals surface area contributed by atoms with Crippen LogP contribution in [0.4, 0.5) is 5.69 Å². The van der Waals surface area contributed by atoms with Crippen molar-refractivity contribution in [3.05, 3.63) is 58.8 Å². The van der Waals surface area contributed by atoms with Crippen LogP contribution in [0.2, 0.25) is 0 Å². The lowest BCUT2D eigenvalue weighted by atomic mass is 10.1. The highest BCUT2D eigenvalue weighted by Gasteiger charge is 2.30. The van der Waals surface area contributed by atoms with Gasteiger partial charge >= 0.3 is 0 Å². The molecular weight excluding hydrogens is 364 g/mol.